The molecule has 0 heteroatoms. The van der Waals surface area contributed by atoms with Gasteiger partial charge in [-0.1, -0.05) is 33.6 Å². The molecule has 0 radical (unpaired) electrons. The van der Waals surface area contributed by atoms with Gasteiger partial charge in [-0.25, -0.2) is 0 Å². The second-order valence-electron chi connectivity index (χ2n) is 5.67. The standard InChI is InChI=1S/C13H24/c1-4-13(8-7-11(13)3)9-12-6-5-10(12)2/h10-12H,4-9H2,1-3H3. The smallest absolute Gasteiger partial charge is 0.0272 e. The van der Waals surface area contributed by atoms with Gasteiger partial charge in [-0.3, -0.25) is 0 Å². The van der Waals surface area contributed by atoms with Gasteiger partial charge in [-0.2, -0.15) is 0 Å². The summed E-state index contributed by atoms with van der Waals surface area (Å²) in [6.07, 6.45) is 9.01. The highest BCUT2D eigenvalue weighted by Gasteiger charge is 2.45. The van der Waals surface area contributed by atoms with Gasteiger partial charge in [0.15, 0.2) is 0 Å². The molecular formula is C13H24. The lowest BCUT2D eigenvalue weighted by molar-refractivity contribution is -0.0173. The normalized spacial score (nSPS) is 49.6. The summed E-state index contributed by atoms with van der Waals surface area (Å²) in [4.78, 5) is 0. The van der Waals surface area contributed by atoms with Crippen molar-refractivity contribution in [1.29, 1.82) is 0 Å². The average molecular weight is 180 g/mol. The molecule has 0 heterocycles. The molecule has 2 aliphatic rings. The van der Waals surface area contributed by atoms with Crippen molar-refractivity contribution in [1.82, 2.24) is 0 Å². The summed E-state index contributed by atoms with van der Waals surface area (Å²) in [6, 6.07) is 0. The van der Waals surface area contributed by atoms with Gasteiger partial charge >= 0.3 is 0 Å². The molecule has 2 saturated carbocycles. The van der Waals surface area contributed by atoms with Gasteiger partial charge in [0.2, 0.25) is 0 Å². The molecule has 2 rings (SSSR count). The van der Waals surface area contributed by atoms with Gasteiger partial charge in [0, 0.05) is 0 Å². The van der Waals surface area contributed by atoms with E-state index in [0.29, 0.717) is 0 Å². The maximum Gasteiger partial charge on any atom is -0.0272 e. The summed E-state index contributed by atoms with van der Waals surface area (Å²) < 4.78 is 0. The summed E-state index contributed by atoms with van der Waals surface area (Å²) in [5, 5.41) is 0. The van der Waals surface area contributed by atoms with Gasteiger partial charge in [0.1, 0.15) is 0 Å². The molecule has 0 nitrogen and oxygen atoms in total. The predicted molar refractivity (Wildman–Crippen MR) is 57.6 cm³/mol. The SMILES string of the molecule is CCC1(CC2CCC2C)CCC1C. The Kier molecular flexibility index (Phi) is 2.42. The summed E-state index contributed by atoms with van der Waals surface area (Å²) >= 11 is 0. The summed E-state index contributed by atoms with van der Waals surface area (Å²) in [6.45, 7) is 7.32. The van der Waals surface area contributed by atoms with E-state index in [4.69, 9.17) is 0 Å². The van der Waals surface area contributed by atoms with E-state index in [2.05, 4.69) is 20.8 Å². The Morgan fingerprint density at radius 1 is 1.15 bits per heavy atom. The molecule has 4 unspecified atom stereocenters. The van der Waals surface area contributed by atoms with Crippen molar-refractivity contribution in [2.75, 3.05) is 0 Å². The second-order valence-corrected chi connectivity index (χ2v) is 5.67. The highest BCUT2D eigenvalue weighted by molar-refractivity contribution is 4.96. The van der Waals surface area contributed by atoms with Crippen molar-refractivity contribution >= 4 is 0 Å². The lowest BCUT2D eigenvalue weighted by Gasteiger charge is -2.52. The molecule has 0 N–H and O–H groups in total. The zero-order chi connectivity index (χ0) is 9.47. The van der Waals surface area contributed by atoms with Crippen LogP contribution in [-0.4, -0.2) is 0 Å². The quantitative estimate of drug-likeness (QED) is 0.609. The van der Waals surface area contributed by atoms with E-state index < -0.39 is 0 Å². The van der Waals surface area contributed by atoms with Crippen molar-refractivity contribution < 1.29 is 0 Å². The minimum atomic E-state index is 0.777. The fourth-order valence-electron chi connectivity index (χ4n) is 3.38. The molecule has 0 aromatic carbocycles. The molecule has 0 saturated heterocycles. The van der Waals surface area contributed by atoms with E-state index in [9.17, 15) is 0 Å². The van der Waals surface area contributed by atoms with Crippen molar-refractivity contribution in [3.05, 3.63) is 0 Å². The molecule has 76 valence electrons. The number of rotatable bonds is 3. The third kappa shape index (κ3) is 1.43. The maximum absolute atomic E-state index is 2.47. The van der Waals surface area contributed by atoms with E-state index in [-0.39, 0.29) is 0 Å². The predicted octanol–water partition coefficient (Wildman–Crippen LogP) is 4.25. The summed E-state index contributed by atoms with van der Waals surface area (Å²) in [5.74, 6) is 3.14. The molecule has 0 aliphatic heterocycles. The lowest BCUT2D eigenvalue weighted by Crippen LogP contribution is -2.42. The zero-order valence-electron chi connectivity index (χ0n) is 9.47. The Balaban J connectivity index is 1.91. The Bertz CT molecular complexity index is 180. The van der Waals surface area contributed by atoms with Crippen LogP contribution < -0.4 is 0 Å². The third-order valence-electron chi connectivity index (χ3n) is 5.29. The van der Waals surface area contributed by atoms with Crippen molar-refractivity contribution in [3.8, 4) is 0 Å². The van der Waals surface area contributed by atoms with Crippen LogP contribution in [0.1, 0.15) is 59.3 Å². The number of hydrogen-bond donors (Lipinski definition) is 0. The van der Waals surface area contributed by atoms with E-state index in [1.54, 1.807) is 6.42 Å². The summed E-state index contributed by atoms with van der Waals surface area (Å²) in [7, 11) is 0. The van der Waals surface area contributed by atoms with E-state index in [1.165, 1.54) is 32.1 Å². The van der Waals surface area contributed by atoms with Crippen LogP contribution in [0.25, 0.3) is 0 Å². The van der Waals surface area contributed by atoms with Gasteiger partial charge in [-0.05, 0) is 48.9 Å². The zero-order valence-corrected chi connectivity index (χ0v) is 9.47. The Morgan fingerprint density at radius 3 is 2.15 bits per heavy atom. The van der Waals surface area contributed by atoms with Crippen LogP contribution in [0.3, 0.4) is 0 Å². The van der Waals surface area contributed by atoms with Gasteiger partial charge in [0.25, 0.3) is 0 Å². The van der Waals surface area contributed by atoms with Crippen LogP contribution >= 0.6 is 0 Å². The molecule has 4 atom stereocenters. The van der Waals surface area contributed by atoms with Crippen molar-refractivity contribution in [2.45, 2.75) is 59.3 Å². The number of hydrogen-bond acceptors (Lipinski definition) is 0. The van der Waals surface area contributed by atoms with Gasteiger partial charge < -0.3 is 0 Å². The Hall–Kier alpha value is 0. The topological polar surface area (TPSA) is 0 Å². The first-order valence-electron chi connectivity index (χ1n) is 6.18. The first kappa shape index (κ1) is 9.55. The Labute approximate surface area is 83.1 Å². The van der Waals surface area contributed by atoms with Crippen LogP contribution in [0, 0.1) is 23.2 Å². The molecule has 2 aliphatic carbocycles. The monoisotopic (exact) mass is 180 g/mol. The maximum atomic E-state index is 2.47. The summed E-state index contributed by atoms with van der Waals surface area (Å²) in [5.41, 5.74) is 0.777. The fourth-order valence-corrected chi connectivity index (χ4v) is 3.38. The van der Waals surface area contributed by atoms with Crippen LogP contribution in [-0.2, 0) is 0 Å². The average Bonchev–Trinajstić information content (AvgIpc) is 2.14. The van der Waals surface area contributed by atoms with Crippen LogP contribution in [0.2, 0.25) is 0 Å². The third-order valence-corrected chi connectivity index (χ3v) is 5.29. The molecule has 0 bridgehead atoms. The van der Waals surface area contributed by atoms with Gasteiger partial charge in [-0.15, -0.1) is 0 Å². The molecule has 0 spiro atoms. The van der Waals surface area contributed by atoms with Crippen molar-refractivity contribution in [2.24, 2.45) is 23.2 Å². The fraction of sp³-hybridized carbons (Fsp3) is 1.00. The molecule has 0 amide bonds. The molecular weight excluding hydrogens is 156 g/mol. The Morgan fingerprint density at radius 2 is 1.92 bits per heavy atom. The molecule has 0 aromatic heterocycles. The largest absolute Gasteiger partial charge is 0.0648 e. The lowest BCUT2D eigenvalue weighted by atomic mass is 9.53. The van der Waals surface area contributed by atoms with Crippen LogP contribution in [0.15, 0.2) is 0 Å². The molecule has 13 heavy (non-hydrogen) atoms. The highest BCUT2D eigenvalue weighted by Crippen LogP contribution is 2.56. The second kappa shape index (κ2) is 3.29. The molecule has 0 aromatic rings. The van der Waals surface area contributed by atoms with E-state index in [1.807, 2.05) is 0 Å². The van der Waals surface area contributed by atoms with Crippen LogP contribution in [0.5, 0.6) is 0 Å². The minimum Gasteiger partial charge on any atom is -0.0648 e. The minimum absolute atomic E-state index is 0.777. The first-order valence-corrected chi connectivity index (χ1v) is 6.18. The van der Waals surface area contributed by atoms with E-state index >= 15 is 0 Å². The van der Waals surface area contributed by atoms with E-state index in [0.717, 1.165) is 23.2 Å². The molecule has 2 fully saturated rings. The highest BCUT2D eigenvalue weighted by atomic mass is 14.5. The van der Waals surface area contributed by atoms with Gasteiger partial charge in [0.05, 0.1) is 0 Å². The first-order chi connectivity index (χ1) is 6.18. The van der Waals surface area contributed by atoms with Crippen LogP contribution in [0.4, 0.5) is 0 Å². The van der Waals surface area contributed by atoms with Crippen molar-refractivity contribution in [3.63, 3.8) is 0 Å².